The molecular weight excluding hydrogens is 204 g/mol. The fourth-order valence-electron chi connectivity index (χ4n) is 1.53. The van der Waals surface area contributed by atoms with Crippen LogP contribution in [0.4, 0.5) is 0 Å². The molecule has 0 aromatic carbocycles. The number of hydrogen-bond donors (Lipinski definition) is 1. The van der Waals surface area contributed by atoms with Gasteiger partial charge in [0.15, 0.2) is 0 Å². The van der Waals surface area contributed by atoms with Crippen molar-refractivity contribution in [1.29, 1.82) is 0 Å². The van der Waals surface area contributed by atoms with Crippen molar-refractivity contribution in [2.45, 2.75) is 39.5 Å². The average molecular weight is 224 g/mol. The van der Waals surface area contributed by atoms with Gasteiger partial charge in [-0.05, 0) is 32.3 Å². The molecule has 0 spiro atoms. The molecule has 4 heteroatoms. The summed E-state index contributed by atoms with van der Waals surface area (Å²) >= 11 is 0. The van der Waals surface area contributed by atoms with Crippen molar-refractivity contribution in [2.75, 3.05) is 0 Å². The molecule has 0 fully saturated rings. The molecule has 0 unspecified atom stereocenters. The normalized spacial score (nSPS) is 12.1. The van der Waals surface area contributed by atoms with Crippen LogP contribution in [0.3, 0.4) is 0 Å². The molecule has 1 N–H and O–H groups in total. The van der Waals surface area contributed by atoms with Gasteiger partial charge in [-0.1, -0.05) is 13.8 Å². The highest BCUT2D eigenvalue weighted by molar-refractivity contribution is 5.79. The number of aliphatic carboxylic acids is 1. The first-order valence-corrected chi connectivity index (χ1v) is 5.52. The number of aromatic nitrogens is 2. The molecule has 0 aliphatic carbocycles. The predicted octanol–water partition coefficient (Wildman–Crippen LogP) is 1.98. The Morgan fingerprint density at radius 2 is 2.12 bits per heavy atom. The topological polar surface area (TPSA) is 55.1 Å². The Morgan fingerprint density at radius 1 is 1.56 bits per heavy atom. The number of nitrogens with zero attached hydrogens (tertiary/aromatic N) is 2. The largest absolute Gasteiger partial charge is 0.481 e. The summed E-state index contributed by atoms with van der Waals surface area (Å²) in [6, 6.07) is 1.90. The van der Waals surface area contributed by atoms with E-state index in [9.17, 15) is 4.79 Å². The summed E-state index contributed by atoms with van der Waals surface area (Å²) in [5.74, 6) is -0.308. The van der Waals surface area contributed by atoms with Gasteiger partial charge in [-0.3, -0.25) is 9.48 Å². The second kappa shape index (κ2) is 4.28. The molecule has 16 heavy (non-hydrogen) atoms. The molecule has 0 aliphatic heterocycles. The third-order valence-electron chi connectivity index (χ3n) is 2.77. The first-order chi connectivity index (χ1) is 7.25. The van der Waals surface area contributed by atoms with Gasteiger partial charge in [-0.2, -0.15) is 5.10 Å². The van der Waals surface area contributed by atoms with Gasteiger partial charge in [0.1, 0.15) is 5.41 Å². The highest BCUT2D eigenvalue weighted by Crippen LogP contribution is 2.23. The van der Waals surface area contributed by atoms with Gasteiger partial charge in [-0.25, -0.2) is 0 Å². The van der Waals surface area contributed by atoms with Crippen LogP contribution in [0.25, 0.3) is 0 Å². The minimum Gasteiger partial charge on any atom is -0.481 e. The summed E-state index contributed by atoms with van der Waals surface area (Å²) < 4.78 is 1.78. The third kappa shape index (κ3) is 2.43. The fourth-order valence-corrected chi connectivity index (χ4v) is 1.53. The van der Waals surface area contributed by atoms with Gasteiger partial charge in [0.25, 0.3) is 0 Å². The molecule has 1 aromatic rings. The highest BCUT2D eigenvalue weighted by atomic mass is 16.4. The van der Waals surface area contributed by atoms with Gasteiger partial charge in [0.05, 0.1) is 5.69 Å². The van der Waals surface area contributed by atoms with Gasteiger partial charge >= 0.3 is 5.97 Å². The summed E-state index contributed by atoms with van der Waals surface area (Å²) in [6.45, 7) is 7.62. The number of aryl methyl sites for hydroxylation is 1. The molecule has 4 nitrogen and oxygen atoms in total. The molecule has 0 bridgehead atoms. The quantitative estimate of drug-likeness (QED) is 0.850. The second-order valence-electron chi connectivity index (χ2n) is 5.17. The van der Waals surface area contributed by atoms with Crippen molar-refractivity contribution in [3.05, 3.63) is 17.5 Å². The van der Waals surface area contributed by atoms with Gasteiger partial charge in [0.2, 0.25) is 0 Å². The summed E-state index contributed by atoms with van der Waals surface area (Å²) in [4.78, 5) is 11.1. The third-order valence-corrected chi connectivity index (χ3v) is 2.77. The Hall–Kier alpha value is -1.32. The molecule has 0 aliphatic rings. The van der Waals surface area contributed by atoms with Crippen LogP contribution < -0.4 is 0 Å². The van der Waals surface area contributed by atoms with E-state index in [0.29, 0.717) is 11.6 Å². The summed E-state index contributed by atoms with van der Waals surface area (Å²) in [6.07, 6.45) is 0.916. The van der Waals surface area contributed by atoms with E-state index in [1.807, 2.05) is 13.1 Å². The van der Waals surface area contributed by atoms with Gasteiger partial charge < -0.3 is 5.11 Å². The van der Waals surface area contributed by atoms with E-state index in [-0.39, 0.29) is 0 Å². The van der Waals surface area contributed by atoms with Crippen molar-refractivity contribution >= 4 is 5.97 Å². The van der Waals surface area contributed by atoms with Crippen molar-refractivity contribution in [1.82, 2.24) is 9.78 Å². The summed E-state index contributed by atoms with van der Waals surface area (Å²) in [7, 11) is 1.86. The van der Waals surface area contributed by atoms with E-state index in [1.165, 1.54) is 0 Å². The molecule has 1 heterocycles. The Bertz CT molecular complexity index is 392. The molecule has 1 aromatic heterocycles. The Balaban J connectivity index is 3.05. The van der Waals surface area contributed by atoms with Crippen LogP contribution in [-0.4, -0.2) is 20.9 Å². The number of carboxylic acids is 1. The molecule has 0 saturated carbocycles. The lowest BCUT2D eigenvalue weighted by atomic mass is 9.89. The summed E-state index contributed by atoms with van der Waals surface area (Å²) in [5.41, 5.74) is 0.782. The lowest BCUT2D eigenvalue weighted by molar-refractivity contribution is -0.142. The number of carbonyl (C=O) groups is 1. The van der Waals surface area contributed by atoms with Crippen molar-refractivity contribution in [3.8, 4) is 0 Å². The molecule has 0 radical (unpaired) electrons. The average Bonchev–Trinajstić information content (AvgIpc) is 2.47. The van der Waals surface area contributed by atoms with Crippen molar-refractivity contribution < 1.29 is 9.90 Å². The molecule has 0 atom stereocenters. The SMILES string of the molecule is CC(C)Cc1cc(C(C)(C)C(=O)O)nn1C. The number of hydrogen-bond acceptors (Lipinski definition) is 2. The molecule has 90 valence electrons. The van der Waals surface area contributed by atoms with Crippen LogP contribution in [-0.2, 0) is 23.7 Å². The van der Waals surface area contributed by atoms with Crippen LogP contribution in [0.5, 0.6) is 0 Å². The minimum absolute atomic E-state index is 0.538. The van der Waals surface area contributed by atoms with Crippen LogP contribution >= 0.6 is 0 Å². The van der Waals surface area contributed by atoms with E-state index in [0.717, 1.165) is 12.1 Å². The van der Waals surface area contributed by atoms with Gasteiger partial charge in [-0.15, -0.1) is 0 Å². The van der Waals surface area contributed by atoms with E-state index >= 15 is 0 Å². The maximum atomic E-state index is 11.1. The molecule has 0 amide bonds. The molecule has 1 rings (SSSR count). The molecular formula is C12H20N2O2. The van der Waals surface area contributed by atoms with Crippen LogP contribution in [0.15, 0.2) is 6.07 Å². The van der Waals surface area contributed by atoms with Crippen LogP contribution in [0.2, 0.25) is 0 Å². The van der Waals surface area contributed by atoms with E-state index < -0.39 is 11.4 Å². The van der Waals surface area contributed by atoms with Crippen LogP contribution in [0, 0.1) is 5.92 Å². The number of carboxylic acid groups (broad SMARTS) is 1. The number of rotatable bonds is 4. The van der Waals surface area contributed by atoms with E-state index in [2.05, 4.69) is 18.9 Å². The predicted molar refractivity (Wildman–Crippen MR) is 62.4 cm³/mol. The van der Waals surface area contributed by atoms with Crippen molar-refractivity contribution in [3.63, 3.8) is 0 Å². The zero-order chi connectivity index (χ0) is 12.5. The standard InChI is InChI=1S/C12H20N2O2/c1-8(2)6-9-7-10(13-14(9)5)12(3,4)11(15)16/h7-8H,6H2,1-5H3,(H,15,16). The zero-order valence-electron chi connectivity index (χ0n) is 10.6. The monoisotopic (exact) mass is 224 g/mol. The van der Waals surface area contributed by atoms with Gasteiger partial charge in [0, 0.05) is 12.7 Å². The smallest absolute Gasteiger partial charge is 0.315 e. The first-order valence-electron chi connectivity index (χ1n) is 5.52. The lowest BCUT2D eigenvalue weighted by Gasteiger charge is -2.15. The Morgan fingerprint density at radius 3 is 2.56 bits per heavy atom. The van der Waals surface area contributed by atoms with E-state index in [1.54, 1.807) is 18.5 Å². The minimum atomic E-state index is -0.924. The highest BCUT2D eigenvalue weighted by Gasteiger charge is 2.32. The maximum absolute atomic E-state index is 11.1. The summed E-state index contributed by atoms with van der Waals surface area (Å²) in [5, 5.41) is 13.4. The Labute approximate surface area is 96.3 Å². The second-order valence-corrected chi connectivity index (χ2v) is 5.17. The Kier molecular flexibility index (Phi) is 3.41. The lowest BCUT2D eigenvalue weighted by Crippen LogP contribution is -2.29. The van der Waals surface area contributed by atoms with Crippen molar-refractivity contribution in [2.24, 2.45) is 13.0 Å². The molecule has 0 saturated heterocycles. The van der Waals surface area contributed by atoms with E-state index in [4.69, 9.17) is 5.11 Å². The van der Waals surface area contributed by atoms with Crippen LogP contribution in [0.1, 0.15) is 39.1 Å². The zero-order valence-corrected chi connectivity index (χ0v) is 10.6. The fraction of sp³-hybridized carbons (Fsp3) is 0.667. The first kappa shape index (κ1) is 12.7. The maximum Gasteiger partial charge on any atom is 0.315 e.